The fourth-order valence-electron chi connectivity index (χ4n) is 4.36. The second kappa shape index (κ2) is 8.98. The first-order chi connectivity index (χ1) is 14.9. The van der Waals surface area contributed by atoms with Crippen molar-refractivity contribution in [2.45, 2.75) is 36.3 Å². The summed E-state index contributed by atoms with van der Waals surface area (Å²) in [4.78, 5) is 14.7. The summed E-state index contributed by atoms with van der Waals surface area (Å²) in [6.45, 7) is 1.65. The van der Waals surface area contributed by atoms with Gasteiger partial charge in [-0.2, -0.15) is 4.31 Å². The second-order valence-corrected chi connectivity index (χ2v) is 9.78. The Morgan fingerprint density at radius 2 is 1.71 bits per heavy atom. The monoisotopic (exact) mass is 444 g/mol. The van der Waals surface area contributed by atoms with Crippen molar-refractivity contribution in [3.8, 4) is 5.75 Å². The highest BCUT2D eigenvalue weighted by Gasteiger charge is 2.50. The van der Waals surface area contributed by atoms with Crippen molar-refractivity contribution >= 4 is 15.9 Å². The molecule has 1 amide bonds. The molecule has 0 aliphatic carbocycles. The van der Waals surface area contributed by atoms with E-state index in [0.29, 0.717) is 57.7 Å². The molecule has 0 radical (unpaired) electrons. The molecule has 0 bridgehead atoms. The van der Waals surface area contributed by atoms with E-state index in [9.17, 15) is 13.2 Å². The average Bonchev–Trinajstić information content (AvgIpc) is 3.22. The van der Waals surface area contributed by atoms with Gasteiger partial charge in [-0.05, 0) is 36.2 Å². The number of aryl methyl sites for hydroxylation is 1. The van der Waals surface area contributed by atoms with E-state index in [0.717, 1.165) is 5.56 Å². The molecule has 7 nitrogen and oxygen atoms in total. The van der Waals surface area contributed by atoms with Gasteiger partial charge < -0.3 is 14.4 Å². The SMILES string of the molecule is COc1ccc(S(=O)(=O)N2CCOC23CCN(C(=O)CCc2ccccc2)CC3)cc1. The van der Waals surface area contributed by atoms with Crippen LogP contribution in [0.5, 0.6) is 5.75 Å². The average molecular weight is 445 g/mol. The molecule has 2 aromatic carbocycles. The number of carbonyl (C=O) groups excluding carboxylic acids is 1. The van der Waals surface area contributed by atoms with Gasteiger partial charge in [0.2, 0.25) is 15.9 Å². The number of likely N-dealkylation sites (tertiary alicyclic amines) is 1. The maximum atomic E-state index is 13.3. The molecule has 0 saturated carbocycles. The van der Waals surface area contributed by atoms with Gasteiger partial charge in [0.15, 0.2) is 0 Å². The van der Waals surface area contributed by atoms with E-state index in [2.05, 4.69) is 0 Å². The van der Waals surface area contributed by atoms with Crippen molar-refractivity contribution < 1.29 is 22.7 Å². The minimum Gasteiger partial charge on any atom is -0.497 e. The van der Waals surface area contributed by atoms with Gasteiger partial charge >= 0.3 is 0 Å². The molecule has 4 rings (SSSR count). The predicted molar refractivity (Wildman–Crippen MR) is 116 cm³/mol. The molecule has 0 unspecified atom stereocenters. The van der Waals surface area contributed by atoms with Crippen LogP contribution in [0.4, 0.5) is 0 Å². The first kappa shape index (κ1) is 21.8. The second-order valence-electron chi connectivity index (χ2n) is 7.91. The van der Waals surface area contributed by atoms with Crippen molar-refractivity contribution in [2.24, 2.45) is 0 Å². The van der Waals surface area contributed by atoms with Gasteiger partial charge in [-0.1, -0.05) is 30.3 Å². The molecule has 2 heterocycles. The number of benzene rings is 2. The molecule has 2 fully saturated rings. The molecule has 0 aromatic heterocycles. The Labute approximate surface area is 183 Å². The Hall–Kier alpha value is -2.42. The number of nitrogens with zero attached hydrogens (tertiary/aromatic N) is 2. The van der Waals surface area contributed by atoms with Gasteiger partial charge in [-0.25, -0.2) is 8.42 Å². The lowest BCUT2D eigenvalue weighted by Gasteiger charge is -2.42. The minimum absolute atomic E-state index is 0.0984. The first-order valence-corrected chi connectivity index (χ1v) is 12.0. The van der Waals surface area contributed by atoms with E-state index < -0.39 is 15.7 Å². The van der Waals surface area contributed by atoms with Crippen LogP contribution in [0.3, 0.4) is 0 Å². The summed E-state index contributed by atoms with van der Waals surface area (Å²) in [5, 5.41) is 0. The van der Waals surface area contributed by atoms with Gasteiger partial charge in [-0.15, -0.1) is 0 Å². The lowest BCUT2D eigenvalue weighted by atomic mass is 10.00. The summed E-state index contributed by atoms with van der Waals surface area (Å²) >= 11 is 0. The molecule has 2 saturated heterocycles. The topological polar surface area (TPSA) is 76.2 Å². The normalized spacial score (nSPS) is 18.9. The summed E-state index contributed by atoms with van der Waals surface area (Å²) in [5.74, 6) is 0.704. The van der Waals surface area contributed by atoms with Crippen LogP contribution in [0.1, 0.15) is 24.8 Å². The van der Waals surface area contributed by atoms with Crippen molar-refractivity contribution in [2.75, 3.05) is 33.4 Å². The molecule has 2 aromatic rings. The Bertz CT molecular complexity index is 1000. The summed E-state index contributed by atoms with van der Waals surface area (Å²) in [6.07, 6.45) is 2.10. The molecule has 166 valence electrons. The standard InChI is InChI=1S/C23H28N2O5S/c1-29-20-8-10-21(11-9-20)31(27,28)25-17-18-30-23(25)13-15-24(16-14-23)22(26)12-7-19-5-3-2-4-6-19/h2-6,8-11H,7,12-18H2,1H3. The van der Waals surface area contributed by atoms with E-state index >= 15 is 0 Å². The summed E-state index contributed by atoms with van der Waals surface area (Å²) < 4.78 is 39.2. The molecule has 31 heavy (non-hydrogen) atoms. The number of methoxy groups -OCH3 is 1. The van der Waals surface area contributed by atoms with Gasteiger partial charge in [0.25, 0.3) is 0 Å². The third-order valence-corrected chi connectivity index (χ3v) is 8.10. The third-order valence-electron chi connectivity index (χ3n) is 6.13. The quantitative estimate of drug-likeness (QED) is 0.685. The van der Waals surface area contributed by atoms with Crippen LogP contribution in [0.15, 0.2) is 59.5 Å². The Morgan fingerprint density at radius 3 is 2.35 bits per heavy atom. The molecule has 2 aliphatic rings. The van der Waals surface area contributed by atoms with Gasteiger partial charge in [0.1, 0.15) is 11.5 Å². The number of piperidine rings is 1. The molecular formula is C23H28N2O5S. The van der Waals surface area contributed by atoms with Crippen molar-refractivity contribution in [3.63, 3.8) is 0 Å². The number of ether oxygens (including phenoxy) is 2. The summed E-state index contributed by atoms with van der Waals surface area (Å²) in [7, 11) is -2.16. The molecule has 0 atom stereocenters. The summed E-state index contributed by atoms with van der Waals surface area (Å²) in [6, 6.07) is 16.3. The van der Waals surface area contributed by atoms with Crippen LogP contribution in [0.25, 0.3) is 0 Å². The first-order valence-electron chi connectivity index (χ1n) is 10.6. The predicted octanol–water partition coefficient (Wildman–Crippen LogP) is 2.67. The highest BCUT2D eigenvalue weighted by atomic mass is 32.2. The van der Waals surface area contributed by atoms with Crippen LogP contribution >= 0.6 is 0 Å². The third kappa shape index (κ3) is 4.46. The molecule has 1 spiro atoms. The highest BCUT2D eigenvalue weighted by molar-refractivity contribution is 7.89. The van der Waals surface area contributed by atoms with Gasteiger partial charge in [0.05, 0.1) is 18.6 Å². The number of amides is 1. The van der Waals surface area contributed by atoms with Gasteiger partial charge in [0, 0.05) is 38.9 Å². The number of hydrogen-bond acceptors (Lipinski definition) is 5. The van der Waals surface area contributed by atoms with Crippen molar-refractivity contribution in [3.05, 3.63) is 60.2 Å². The lowest BCUT2D eigenvalue weighted by molar-refractivity contribution is -0.140. The minimum atomic E-state index is -3.71. The van der Waals surface area contributed by atoms with Crippen molar-refractivity contribution in [1.29, 1.82) is 0 Å². The van der Waals surface area contributed by atoms with Crippen LogP contribution in [0, 0.1) is 0 Å². The Kier molecular flexibility index (Phi) is 6.31. The zero-order valence-electron chi connectivity index (χ0n) is 17.7. The number of sulfonamides is 1. The number of carbonyl (C=O) groups is 1. The Morgan fingerprint density at radius 1 is 1.03 bits per heavy atom. The van der Waals surface area contributed by atoms with Crippen LogP contribution in [0.2, 0.25) is 0 Å². The number of hydrogen-bond donors (Lipinski definition) is 0. The van der Waals surface area contributed by atoms with Gasteiger partial charge in [-0.3, -0.25) is 4.79 Å². The van der Waals surface area contributed by atoms with E-state index in [4.69, 9.17) is 9.47 Å². The van der Waals surface area contributed by atoms with Crippen LogP contribution in [-0.4, -0.2) is 62.6 Å². The largest absolute Gasteiger partial charge is 0.497 e. The maximum absolute atomic E-state index is 13.3. The Balaban J connectivity index is 1.41. The smallest absolute Gasteiger partial charge is 0.245 e. The molecular weight excluding hydrogens is 416 g/mol. The fraction of sp³-hybridized carbons (Fsp3) is 0.435. The molecule has 8 heteroatoms. The maximum Gasteiger partial charge on any atom is 0.245 e. The highest BCUT2D eigenvalue weighted by Crippen LogP contribution is 2.38. The number of rotatable bonds is 6. The van der Waals surface area contributed by atoms with E-state index in [1.807, 2.05) is 35.2 Å². The fourth-order valence-corrected chi connectivity index (χ4v) is 6.08. The van der Waals surface area contributed by atoms with Crippen LogP contribution in [-0.2, 0) is 26.0 Å². The zero-order valence-corrected chi connectivity index (χ0v) is 18.5. The van der Waals surface area contributed by atoms with Crippen LogP contribution < -0.4 is 4.74 Å². The van der Waals surface area contributed by atoms with E-state index in [1.165, 1.54) is 4.31 Å². The molecule has 2 aliphatic heterocycles. The van der Waals surface area contributed by atoms with E-state index in [-0.39, 0.29) is 10.8 Å². The van der Waals surface area contributed by atoms with Crippen molar-refractivity contribution in [1.82, 2.24) is 9.21 Å². The zero-order chi connectivity index (χ0) is 21.9. The molecule has 0 N–H and O–H groups in total. The summed E-state index contributed by atoms with van der Waals surface area (Å²) in [5.41, 5.74) is 0.259. The van der Waals surface area contributed by atoms with E-state index in [1.54, 1.807) is 31.4 Å². The lowest BCUT2D eigenvalue weighted by Crippen LogP contribution is -2.55.